The monoisotopic (exact) mass is 280 g/mol. The molecule has 0 aliphatic carbocycles. The summed E-state index contributed by atoms with van der Waals surface area (Å²) in [5.41, 5.74) is 3.62. The van der Waals surface area contributed by atoms with E-state index in [4.69, 9.17) is 4.74 Å². The number of aromatic nitrogens is 1. The van der Waals surface area contributed by atoms with Crippen LogP contribution in [-0.2, 0) is 13.2 Å². The van der Waals surface area contributed by atoms with Crippen molar-refractivity contribution in [2.75, 3.05) is 14.1 Å². The number of aromatic amines is 1. The summed E-state index contributed by atoms with van der Waals surface area (Å²) < 4.78 is 5.90. The summed E-state index contributed by atoms with van der Waals surface area (Å²) in [7, 11) is 4.16. The molecular weight excluding hydrogens is 260 g/mol. The molecule has 0 unspecified atom stereocenters. The molecule has 3 aromatic rings. The summed E-state index contributed by atoms with van der Waals surface area (Å²) in [5, 5.41) is 1.23. The molecule has 21 heavy (non-hydrogen) atoms. The second-order valence-corrected chi connectivity index (χ2v) is 5.53. The van der Waals surface area contributed by atoms with E-state index in [0.717, 1.165) is 17.8 Å². The molecule has 0 atom stereocenters. The van der Waals surface area contributed by atoms with Gasteiger partial charge in [-0.15, -0.1) is 0 Å². The van der Waals surface area contributed by atoms with E-state index in [1.165, 1.54) is 16.5 Å². The summed E-state index contributed by atoms with van der Waals surface area (Å²) in [6.45, 7) is 1.52. The van der Waals surface area contributed by atoms with Gasteiger partial charge in [0.15, 0.2) is 0 Å². The van der Waals surface area contributed by atoms with Gasteiger partial charge in [-0.1, -0.05) is 30.3 Å². The van der Waals surface area contributed by atoms with Crippen LogP contribution < -0.4 is 4.74 Å². The molecule has 1 N–H and O–H groups in total. The third-order valence-corrected chi connectivity index (χ3v) is 3.47. The first-order chi connectivity index (χ1) is 10.2. The molecule has 3 nitrogen and oxygen atoms in total. The lowest BCUT2D eigenvalue weighted by molar-refractivity contribution is 0.306. The average Bonchev–Trinajstić information content (AvgIpc) is 2.88. The average molecular weight is 280 g/mol. The molecule has 0 aliphatic rings. The molecule has 0 aliphatic heterocycles. The topological polar surface area (TPSA) is 28.3 Å². The number of benzene rings is 2. The van der Waals surface area contributed by atoms with Gasteiger partial charge in [0.25, 0.3) is 0 Å². The Hall–Kier alpha value is -2.26. The molecule has 1 aromatic heterocycles. The Balaban J connectivity index is 1.79. The van der Waals surface area contributed by atoms with Gasteiger partial charge in [-0.2, -0.15) is 0 Å². The maximum Gasteiger partial charge on any atom is 0.120 e. The number of rotatable bonds is 5. The van der Waals surface area contributed by atoms with Crippen molar-refractivity contribution < 1.29 is 4.74 Å². The van der Waals surface area contributed by atoms with Crippen LogP contribution in [0, 0.1) is 0 Å². The Bertz CT molecular complexity index is 716. The third-order valence-electron chi connectivity index (χ3n) is 3.47. The number of hydrogen-bond donors (Lipinski definition) is 1. The Morgan fingerprint density at radius 3 is 2.62 bits per heavy atom. The lowest BCUT2D eigenvalue weighted by Gasteiger charge is -2.09. The standard InChI is InChI=1S/C18H20N2O/c1-20(2)12-15-11-19-18-9-8-16(10-17(15)18)21-13-14-6-4-3-5-7-14/h3-11,19H,12-13H2,1-2H3. The summed E-state index contributed by atoms with van der Waals surface area (Å²) in [6, 6.07) is 16.4. The normalized spacial score (nSPS) is 11.2. The number of ether oxygens (including phenoxy) is 1. The summed E-state index contributed by atoms with van der Waals surface area (Å²) in [5.74, 6) is 0.908. The van der Waals surface area contributed by atoms with Crippen LogP contribution in [0.25, 0.3) is 10.9 Å². The van der Waals surface area contributed by atoms with Crippen LogP contribution in [-0.4, -0.2) is 24.0 Å². The second-order valence-electron chi connectivity index (χ2n) is 5.53. The molecule has 2 aromatic carbocycles. The van der Waals surface area contributed by atoms with Gasteiger partial charge in [-0.25, -0.2) is 0 Å². The SMILES string of the molecule is CN(C)Cc1c[nH]c2ccc(OCc3ccccc3)cc12. The molecular formula is C18H20N2O. The predicted molar refractivity (Wildman–Crippen MR) is 86.5 cm³/mol. The van der Waals surface area contributed by atoms with Crippen molar-refractivity contribution in [3.05, 3.63) is 65.9 Å². The maximum atomic E-state index is 5.90. The lowest BCUT2D eigenvalue weighted by Crippen LogP contribution is -2.10. The van der Waals surface area contributed by atoms with Gasteiger partial charge < -0.3 is 14.6 Å². The van der Waals surface area contributed by atoms with E-state index in [9.17, 15) is 0 Å². The zero-order valence-electron chi connectivity index (χ0n) is 12.5. The minimum absolute atomic E-state index is 0.597. The van der Waals surface area contributed by atoms with Crippen molar-refractivity contribution in [3.8, 4) is 5.75 Å². The third kappa shape index (κ3) is 3.26. The fourth-order valence-corrected chi connectivity index (χ4v) is 2.46. The summed E-state index contributed by atoms with van der Waals surface area (Å²) in [4.78, 5) is 5.48. The van der Waals surface area contributed by atoms with E-state index in [-0.39, 0.29) is 0 Å². The van der Waals surface area contributed by atoms with E-state index in [2.05, 4.69) is 54.4 Å². The van der Waals surface area contributed by atoms with Crippen LogP contribution in [0.2, 0.25) is 0 Å². The molecule has 0 fully saturated rings. The van der Waals surface area contributed by atoms with Crippen molar-refractivity contribution in [2.24, 2.45) is 0 Å². The van der Waals surface area contributed by atoms with Crippen molar-refractivity contribution in [3.63, 3.8) is 0 Å². The minimum Gasteiger partial charge on any atom is -0.489 e. The highest BCUT2D eigenvalue weighted by Gasteiger charge is 2.06. The van der Waals surface area contributed by atoms with Gasteiger partial charge in [0.2, 0.25) is 0 Å². The second kappa shape index (κ2) is 6.02. The Morgan fingerprint density at radius 1 is 1.05 bits per heavy atom. The zero-order valence-corrected chi connectivity index (χ0v) is 12.5. The first-order valence-corrected chi connectivity index (χ1v) is 7.14. The van der Waals surface area contributed by atoms with Gasteiger partial charge >= 0.3 is 0 Å². The zero-order chi connectivity index (χ0) is 14.7. The van der Waals surface area contributed by atoms with Crippen molar-refractivity contribution in [1.29, 1.82) is 0 Å². The summed E-state index contributed by atoms with van der Waals surface area (Å²) >= 11 is 0. The number of H-pyrrole nitrogens is 1. The lowest BCUT2D eigenvalue weighted by atomic mass is 10.1. The highest BCUT2D eigenvalue weighted by Crippen LogP contribution is 2.25. The fraction of sp³-hybridized carbons (Fsp3) is 0.222. The molecule has 0 saturated carbocycles. The predicted octanol–water partition coefficient (Wildman–Crippen LogP) is 3.81. The van der Waals surface area contributed by atoms with Crippen LogP contribution >= 0.6 is 0 Å². The van der Waals surface area contributed by atoms with E-state index >= 15 is 0 Å². The summed E-state index contributed by atoms with van der Waals surface area (Å²) in [6.07, 6.45) is 2.08. The van der Waals surface area contributed by atoms with Gasteiger partial charge in [0, 0.05) is 23.6 Å². The molecule has 3 heteroatoms. The van der Waals surface area contributed by atoms with E-state index in [1.807, 2.05) is 24.3 Å². The van der Waals surface area contributed by atoms with E-state index in [1.54, 1.807) is 0 Å². The number of fused-ring (bicyclic) bond motifs is 1. The molecule has 0 amide bonds. The highest BCUT2D eigenvalue weighted by molar-refractivity contribution is 5.84. The molecule has 0 bridgehead atoms. The van der Waals surface area contributed by atoms with E-state index in [0.29, 0.717) is 6.61 Å². The van der Waals surface area contributed by atoms with Crippen molar-refractivity contribution >= 4 is 10.9 Å². The van der Waals surface area contributed by atoms with Crippen LogP contribution in [0.4, 0.5) is 0 Å². The molecule has 3 rings (SSSR count). The molecule has 108 valence electrons. The highest BCUT2D eigenvalue weighted by atomic mass is 16.5. The van der Waals surface area contributed by atoms with E-state index < -0.39 is 0 Å². The number of nitrogens with zero attached hydrogens (tertiary/aromatic N) is 1. The van der Waals surface area contributed by atoms with Crippen molar-refractivity contribution in [1.82, 2.24) is 9.88 Å². The minimum atomic E-state index is 0.597. The Morgan fingerprint density at radius 2 is 1.86 bits per heavy atom. The van der Waals surface area contributed by atoms with Crippen LogP contribution in [0.1, 0.15) is 11.1 Å². The van der Waals surface area contributed by atoms with Gasteiger partial charge in [-0.3, -0.25) is 0 Å². The molecule has 0 spiro atoms. The largest absolute Gasteiger partial charge is 0.489 e. The molecule has 1 heterocycles. The maximum absolute atomic E-state index is 5.90. The number of hydrogen-bond acceptors (Lipinski definition) is 2. The van der Waals surface area contributed by atoms with Crippen molar-refractivity contribution in [2.45, 2.75) is 13.2 Å². The van der Waals surface area contributed by atoms with Crippen LogP contribution in [0.15, 0.2) is 54.7 Å². The Kier molecular flexibility index (Phi) is 3.93. The first-order valence-electron chi connectivity index (χ1n) is 7.14. The first kappa shape index (κ1) is 13.7. The van der Waals surface area contributed by atoms with Crippen LogP contribution in [0.5, 0.6) is 5.75 Å². The smallest absolute Gasteiger partial charge is 0.120 e. The quantitative estimate of drug-likeness (QED) is 0.770. The van der Waals surface area contributed by atoms with Crippen LogP contribution in [0.3, 0.4) is 0 Å². The number of nitrogens with one attached hydrogen (secondary N) is 1. The van der Waals surface area contributed by atoms with Gasteiger partial charge in [-0.05, 0) is 43.4 Å². The Labute approximate surface area is 125 Å². The molecule has 0 saturated heterocycles. The van der Waals surface area contributed by atoms with Gasteiger partial charge in [0.1, 0.15) is 12.4 Å². The molecule has 0 radical (unpaired) electrons. The van der Waals surface area contributed by atoms with Gasteiger partial charge in [0.05, 0.1) is 0 Å². The fourth-order valence-electron chi connectivity index (χ4n) is 2.46.